The summed E-state index contributed by atoms with van der Waals surface area (Å²) in [5, 5.41) is 4.96. The second-order valence-corrected chi connectivity index (χ2v) is 5.31. The molecule has 0 atom stereocenters. The van der Waals surface area contributed by atoms with Gasteiger partial charge in [-0.3, -0.25) is 0 Å². The molecule has 1 aromatic carbocycles. The van der Waals surface area contributed by atoms with Crippen LogP contribution in [0.3, 0.4) is 0 Å². The van der Waals surface area contributed by atoms with Gasteiger partial charge in [-0.25, -0.2) is 13.6 Å². The van der Waals surface area contributed by atoms with Gasteiger partial charge in [0.25, 0.3) is 0 Å². The van der Waals surface area contributed by atoms with E-state index < -0.39 is 10.0 Å². The third kappa shape index (κ3) is 3.10. The second kappa shape index (κ2) is 3.77. The molecule has 0 radical (unpaired) electrons. The molecular weight excluding hydrogens is 254 g/mol. The molecule has 0 aliphatic rings. The van der Waals surface area contributed by atoms with E-state index >= 15 is 0 Å². The van der Waals surface area contributed by atoms with Gasteiger partial charge in [-0.2, -0.15) is 0 Å². The first-order valence-electron chi connectivity index (χ1n) is 3.64. The van der Waals surface area contributed by atoms with E-state index in [1.165, 1.54) is 0 Å². The average molecular weight is 264 g/mol. The molecule has 0 saturated carbocycles. The second-order valence-electron chi connectivity index (χ2n) is 2.84. The van der Waals surface area contributed by atoms with Crippen LogP contribution >= 0.6 is 15.9 Å². The third-order valence-corrected chi connectivity index (χ3v) is 3.13. The van der Waals surface area contributed by atoms with Crippen molar-refractivity contribution in [3.8, 4) is 0 Å². The minimum Gasteiger partial charge on any atom is -0.228 e. The lowest BCUT2D eigenvalue weighted by atomic mass is 10.1. The number of hydrogen-bond donors (Lipinski definition) is 1. The molecule has 0 aliphatic carbocycles. The Balaban J connectivity index is 3.15. The molecule has 1 aromatic rings. The van der Waals surface area contributed by atoms with Crippen LogP contribution < -0.4 is 5.14 Å². The molecule has 0 aliphatic heterocycles. The van der Waals surface area contributed by atoms with Gasteiger partial charge < -0.3 is 0 Å². The molecule has 5 heteroatoms. The van der Waals surface area contributed by atoms with Crippen molar-refractivity contribution in [2.24, 2.45) is 5.14 Å². The summed E-state index contributed by atoms with van der Waals surface area (Å²) in [4.78, 5) is 0. The van der Waals surface area contributed by atoms with Crippen molar-refractivity contribution in [1.29, 1.82) is 0 Å². The van der Waals surface area contributed by atoms with Crippen LogP contribution in [0.2, 0.25) is 0 Å². The fraction of sp³-hybridized carbons (Fsp3) is 0.250. The van der Waals surface area contributed by atoms with Gasteiger partial charge in [0.05, 0.1) is 5.75 Å². The minimum atomic E-state index is -3.45. The van der Waals surface area contributed by atoms with E-state index in [0.29, 0.717) is 0 Å². The molecule has 0 amide bonds. The summed E-state index contributed by atoms with van der Waals surface area (Å²) in [6.45, 7) is 1.85. The molecule has 0 heterocycles. The van der Waals surface area contributed by atoms with Gasteiger partial charge in [0.1, 0.15) is 0 Å². The Hall–Kier alpha value is -0.390. The number of halogens is 1. The van der Waals surface area contributed by atoms with Crippen molar-refractivity contribution in [1.82, 2.24) is 0 Å². The van der Waals surface area contributed by atoms with E-state index in [2.05, 4.69) is 15.9 Å². The lowest BCUT2D eigenvalue weighted by molar-refractivity contribution is 0.597. The Morgan fingerprint density at radius 3 is 2.54 bits per heavy atom. The largest absolute Gasteiger partial charge is 0.228 e. The molecular formula is C8H10BrNO2S. The molecule has 0 fully saturated rings. The first-order valence-corrected chi connectivity index (χ1v) is 6.15. The monoisotopic (exact) mass is 263 g/mol. The van der Waals surface area contributed by atoms with Gasteiger partial charge in [-0.15, -0.1) is 0 Å². The van der Waals surface area contributed by atoms with Gasteiger partial charge >= 0.3 is 0 Å². The predicted octanol–water partition coefficient (Wildman–Crippen LogP) is 1.55. The van der Waals surface area contributed by atoms with Gasteiger partial charge in [0.2, 0.25) is 10.0 Å². The summed E-state index contributed by atoms with van der Waals surface area (Å²) in [5.74, 6) is -0.125. The maximum absolute atomic E-state index is 10.9. The summed E-state index contributed by atoms with van der Waals surface area (Å²) >= 11 is 3.28. The van der Waals surface area contributed by atoms with Crippen molar-refractivity contribution < 1.29 is 8.42 Å². The normalized spacial score (nSPS) is 11.6. The zero-order valence-corrected chi connectivity index (χ0v) is 9.52. The van der Waals surface area contributed by atoms with Crippen molar-refractivity contribution in [2.75, 3.05) is 0 Å². The Morgan fingerprint density at radius 1 is 1.46 bits per heavy atom. The van der Waals surface area contributed by atoms with E-state index in [1.54, 1.807) is 6.07 Å². The highest BCUT2D eigenvalue weighted by atomic mass is 79.9. The van der Waals surface area contributed by atoms with Gasteiger partial charge in [-0.05, 0) is 24.1 Å². The van der Waals surface area contributed by atoms with E-state index in [0.717, 1.165) is 15.6 Å². The fourth-order valence-corrected chi connectivity index (χ4v) is 2.63. The Morgan fingerprint density at radius 2 is 2.08 bits per heavy atom. The van der Waals surface area contributed by atoms with Crippen LogP contribution in [0.4, 0.5) is 0 Å². The van der Waals surface area contributed by atoms with Gasteiger partial charge in [-0.1, -0.05) is 28.1 Å². The van der Waals surface area contributed by atoms with Crippen LogP contribution in [0.15, 0.2) is 22.7 Å². The first kappa shape index (κ1) is 10.7. The standard InChI is InChI=1S/C8H10BrNO2S/c1-6-3-2-4-8(9)7(6)5-13(10,11)12/h2-4H,5H2,1H3,(H2,10,11,12). The summed E-state index contributed by atoms with van der Waals surface area (Å²) in [6.07, 6.45) is 0. The highest BCUT2D eigenvalue weighted by Gasteiger charge is 2.10. The quantitative estimate of drug-likeness (QED) is 0.880. The summed E-state index contributed by atoms with van der Waals surface area (Å²) in [6, 6.07) is 5.50. The molecule has 0 aromatic heterocycles. The molecule has 0 bridgehead atoms. The number of aryl methyl sites for hydroxylation is 1. The van der Waals surface area contributed by atoms with Crippen LogP contribution in [-0.2, 0) is 15.8 Å². The number of hydrogen-bond acceptors (Lipinski definition) is 2. The lowest BCUT2D eigenvalue weighted by Gasteiger charge is -2.06. The minimum absolute atomic E-state index is 0.125. The first-order chi connectivity index (χ1) is 5.90. The summed E-state index contributed by atoms with van der Waals surface area (Å²) in [5.41, 5.74) is 1.65. The molecule has 0 saturated heterocycles. The van der Waals surface area contributed by atoms with Crippen LogP contribution in [0.1, 0.15) is 11.1 Å². The molecule has 1 rings (SSSR count). The predicted molar refractivity (Wildman–Crippen MR) is 55.7 cm³/mol. The molecule has 13 heavy (non-hydrogen) atoms. The smallest absolute Gasteiger partial charge is 0.213 e. The Kier molecular flexibility index (Phi) is 3.10. The van der Waals surface area contributed by atoms with Crippen LogP contribution in [0.25, 0.3) is 0 Å². The van der Waals surface area contributed by atoms with E-state index in [1.807, 2.05) is 19.1 Å². The SMILES string of the molecule is Cc1cccc(Br)c1CS(N)(=O)=O. The van der Waals surface area contributed by atoms with E-state index in [9.17, 15) is 8.42 Å². The highest BCUT2D eigenvalue weighted by Crippen LogP contribution is 2.21. The number of sulfonamides is 1. The van der Waals surface area contributed by atoms with E-state index in [4.69, 9.17) is 5.14 Å². The topological polar surface area (TPSA) is 60.2 Å². The Bertz CT molecular complexity index is 394. The zero-order chi connectivity index (χ0) is 10.1. The van der Waals surface area contributed by atoms with Crippen LogP contribution in [0, 0.1) is 6.92 Å². The fourth-order valence-electron chi connectivity index (χ4n) is 1.05. The van der Waals surface area contributed by atoms with Crippen molar-refractivity contribution >= 4 is 26.0 Å². The molecule has 0 unspecified atom stereocenters. The molecule has 2 N–H and O–H groups in total. The molecule has 0 spiro atoms. The number of primary sulfonamides is 1. The zero-order valence-electron chi connectivity index (χ0n) is 7.12. The lowest BCUT2D eigenvalue weighted by Crippen LogP contribution is -2.15. The number of rotatable bonds is 2. The summed E-state index contributed by atoms with van der Waals surface area (Å²) in [7, 11) is -3.45. The maximum atomic E-state index is 10.9. The summed E-state index contributed by atoms with van der Waals surface area (Å²) < 4.78 is 22.5. The average Bonchev–Trinajstić information content (AvgIpc) is 1.95. The van der Waals surface area contributed by atoms with E-state index in [-0.39, 0.29) is 5.75 Å². The third-order valence-electron chi connectivity index (χ3n) is 1.70. The van der Waals surface area contributed by atoms with Crippen molar-refractivity contribution in [3.63, 3.8) is 0 Å². The maximum Gasteiger partial charge on any atom is 0.213 e. The van der Waals surface area contributed by atoms with Crippen molar-refractivity contribution in [2.45, 2.75) is 12.7 Å². The van der Waals surface area contributed by atoms with Crippen LogP contribution in [0.5, 0.6) is 0 Å². The molecule has 3 nitrogen and oxygen atoms in total. The van der Waals surface area contributed by atoms with Crippen molar-refractivity contribution in [3.05, 3.63) is 33.8 Å². The van der Waals surface area contributed by atoms with Gasteiger partial charge in [0, 0.05) is 4.47 Å². The number of benzene rings is 1. The van der Waals surface area contributed by atoms with Gasteiger partial charge in [0.15, 0.2) is 0 Å². The highest BCUT2D eigenvalue weighted by molar-refractivity contribution is 9.10. The van der Waals surface area contributed by atoms with Crippen LogP contribution in [-0.4, -0.2) is 8.42 Å². The number of nitrogens with two attached hydrogens (primary N) is 1. The Labute approximate surface area is 86.1 Å². The molecule has 72 valence electrons.